The summed E-state index contributed by atoms with van der Waals surface area (Å²) in [6.45, 7) is 9.52. The zero-order valence-corrected chi connectivity index (χ0v) is 25.0. The van der Waals surface area contributed by atoms with Crippen molar-refractivity contribution in [3.8, 4) is 0 Å². The van der Waals surface area contributed by atoms with Crippen molar-refractivity contribution < 1.29 is 38.9 Å². The zero-order chi connectivity index (χ0) is 29.9. The van der Waals surface area contributed by atoms with E-state index < -0.39 is 24.3 Å². The maximum absolute atomic E-state index is 13.1. The molecule has 1 fully saturated rings. The van der Waals surface area contributed by atoms with Crippen LogP contribution in [0.5, 0.6) is 0 Å². The summed E-state index contributed by atoms with van der Waals surface area (Å²) < 4.78 is 10.9. The average Bonchev–Trinajstić information content (AvgIpc) is 3.46. The molecule has 0 spiro atoms. The van der Waals surface area contributed by atoms with E-state index in [-0.39, 0.29) is 54.9 Å². The van der Waals surface area contributed by atoms with Crippen molar-refractivity contribution in [1.29, 1.82) is 0 Å². The molecule has 1 saturated carbocycles. The van der Waals surface area contributed by atoms with Gasteiger partial charge in [0.25, 0.3) is 0 Å². The normalized spacial score (nSPS) is 25.4. The maximum Gasteiger partial charge on any atom is 0.308 e. The molecule has 0 bridgehead atoms. The van der Waals surface area contributed by atoms with E-state index in [0.29, 0.717) is 44.4 Å². The number of fused-ring (bicyclic) bond motifs is 1. The number of esters is 2. The third kappa shape index (κ3) is 9.34. The average molecular weight is 590 g/mol. The maximum atomic E-state index is 13.1. The van der Waals surface area contributed by atoms with E-state index in [9.17, 15) is 24.6 Å². The van der Waals surface area contributed by atoms with Gasteiger partial charge in [-0.1, -0.05) is 44.6 Å². The molecular formula is C31H43NO8S. The first kappa shape index (κ1) is 32.7. The summed E-state index contributed by atoms with van der Waals surface area (Å²) in [4.78, 5) is 44.4. The van der Waals surface area contributed by atoms with Crippen LogP contribution >= 0.6 is 11.3 Å². The van der Waals surface area contributed by atoms with Crippen molar-refractivity contribution in [3.05, 3.63) is 46.7 Å². The number of hydrogen-bond donors (Lipinski definition) is 2. The van der Waals surface area contributed by atoms with Crippen LogP contribution < -0.4 is 0 Å². The lowest BCUT2D eigenvalue weighted by Gasteiger charge is -2.43. The number of carbonyl (C=O) groups is 3. The van der Waals surface area contributed by atoms with E-state index in [1.807, 2.05) is 38.3 Å². The smallest absolute Gasteiger partial charge is 0.308 e. The van der Waals surface area contributed by atoms with Crippen LogP contribution in [0.3, 0.4) is 0 Å². The fourth-order valence-electron chi connectivity index (χ4n) is 5.45. The summed E-state index contributed by atoms with van der Waals surface area (Å²) in [5.41, 5.74) is 1.42. The molecule has 10 heteroatoms. The van der Waals surface area contributed by atoms with Crippen LogP contribution in [0.4, 0.5) is 0 Å². The quantitative estimate of drug-likeness (QED) is 0.170. The van der Waals surface area contributed by atoms with E-state index in [4.69, 9.17) is 14.3 Å². The zero-order valence-electron chi connectivity index (χ0n) is 24.2. The first-order valence-electron chi connectivity index (χ1n) is 14.4. The monoisotopic (exact) mass is 589 g/mol. The molecule has 0 saturated heterocycles. The van der Waals surface area contributed by atoms with Gasteiger partial charge in [0.2, 0.25) is 0 Å². The van der Waals surface area contributed by atoms with Crippen molar-refractivity contribution in [2.75, 3.05) is 6.61 Å². The fraction of sp³-hybridized carbons (Fsp3) is 0.613. The van der Waals surface area contributed by atoms with Crippen LogP contribution in [-0.2, 0) is 35.3 Å². The third-order valence-corrected chi connectivity index (χ3v) is 8.84. The molecule has 226 valence electrons. The molecule has 9 nitrogen and oxygen atoms in total. The molecule has 7 atom stereocenters. The molecule has 2 aliphatic rings. The van der Waals surface area contributed by atoms with Crippen LogP contribution in [0.15, 0.2) is 47.0 Å². The van der Waals surface area contributed by atoms with Gasteiger partial charge in [0, 0.05) is 16.7 Å². The molecule has 2 aliphatic carbocycles. The second-order valence-electron chi connectivity index (χ2n) is 11.0. The Hall–Kier alpha value is -2.82. The fourth-order valence-corrected chi connectivity index (χ4v) is 6.06. The second kappa shape index (κ2) is 16.0. The van der Waals surface area contributed by atoms with Crippen molar-refractivity contribution in [3.63, 3.8) is 0 Å². The van der Waals surface area contributed by atoms with Crippen molar-refractivity contribution in [2.24, 2.45) is 28.8 Å². The number of aliphatic hydroxyl groups excluding tert-OH is 2. The van der Waals surface area contributed by atoms with Crippen LogP contribution in [0.2, 0.25) is 0 Å². The summed E-state index contributed by atoms with van der Waals surface area (Å²) in [5.74, 6) is -1.96. The highest BCUT2D eigenvalue weighted by Crippen LogP contribution is 2.45. The van der Waals surface area contributed by atoms with E-state index in [2.05, 4.69) is 11.7 Å². The minimum Gasteiger partial charge on any atom is -0.461 e. The van der Waals surface area contributed by atoms with Crippen molar-refractivity contribution in [2.45, 2.75) is 90.6 Å². The predicted octanol–water partition coefficient (Wildman–Crippen LogP) is 4.76. The van der Waals surface area contributed by atoms with Gasteiger partial charge in [0.05, 0.1) is 30.3 Å². The molecule has 7 unspecified atom stereocenters. The number of oxime groups is 1. The summed E-state index contributed by atoms with van der Waals surface area (Å²) >= 11 is 1.57. The number of ether oxygens (including phenoxy) is 2. The molecule has 1 heterocycles. The van der Waals surface area contributed by atoms with Gasteiger partial charge < -0.3 is 24.5 Å². The van der Waals surface area contributed by atoms with Gasteiger partial charge >= 0.3 is 11.9 Å². The molecule has 2 N–H and O–H groups in total. The molecule has 3 rings (SSSR count). The van der Waals surface area contributed by atoms with Crippen LogP contribution in [0, 0.1) is 23.7 Å². The van der Waals surface area contributed by atoms with Crippen molar-refractivity contribution in [1.82, 2.24) is 0 Å². The number of allylic oxidation sites excluding steroid dienone is 1. The SMILES string of the molecule is C=CCOC(=O)CC(O)CC(O)CCC1C(C)C(=O)C=C2C(=NOCc3cccs3)CCC(OC(=O)C(C)CC)C21. The number of rotatable bonds is 15. The van der Waals surface area contributed by atoms with Crippen LogP contribution in [0.1, 0.15) is 70.6 Å². The predicted molar refractivity (Wildman–Crippen MR) is 156 cm³/mol. The first-order valence-corrected chi connectivity index (χ1v) is 15.3. The second-order valence-corrected chi connectivity index (χ2v) is 12.0. The van der Waals surface area contributed by atoms with Gasteiger partial charge in [-0.15, -0.1) is 11.3 Å². The number of thiophene rings is 1. The Bertz CT molecular complexity index is 1100. The summed E-state index contributed by atoms with van der Waals surface area (Å²) in [5, 5.41) is 27.4. The third-order valence-electron chi connectivity index (χ3n) is 7.99. The van der Waals surface area contributed by atoms with Crippen LogP contribution in [-0.4, -0.2) is 58.6 Å². The number of carbonyl (C=O) groups excluding carboxylic acids is 3. The molecule has 1 aromatic heterocycles. The van der Waals surface area contributed by atoms with Gasteiger partial charge in [0.1, 0.15) is 12.7 Å². The molecule has 0 amide bonds. The summed E-state index contributed by atoms with van der Waals surface area (Å²) in [6.07, 6.45) is 2.96. The van der Waals surface area contributed by atoms with Crippen molar-refractivity contribution >= 4 is 34.8 Å². The number of ketones is 1. The lowest BCUT2D eigenvalue weighted by atomic mass is 9.63. The highest BCUT2D eigenvalue weighted by molar-refractivity contribution is 7.09. The lowest BCUT2D eigenvalue weighted by Crippen LogP contribution is -2.46. The van der Waals surface area contributed by atoms with E-state index in [1.165, 1.54) is 6.08 Å². The highest BCUT2D eigenvalue weighted by Gasteiger charge is 2.46. The van der Waals surface area contributed by atoms with E-state index in [0.717, 1.165) is 10.5 Å². The Kier molecular flexibility index (Phi) is 12.7. The highest BCUT2D eigenvalue weighted by atomic mass is 32.1. The molecule has 1 aromatic rings. The summed E-state index contributed by atoms with van der Waals surface area (Å²) in [7, 11) is 0. The largest absolute Gasteiger partial charge is 0.461 e. The van der Waals surface area contributed by atoms with E-state index >= 15 is 0 Å². The minimum absolute atomic E-state index is 0.00129. The molecule has 0 radical (unpaired) electrons. The van der Waals surface area contributed by atoms with Crippen LogP contribution in [0.25, 0.3) is 0 Å². The molecule has 41 heavy (non-hydrogen) atoms. The Morgan fingerprint density at radius 1 is 1.29 bits per heavy atom. The lowest BCUT2D eigenvalue weighted by molar-refractivity contribution is -0.158. The summed E-state index contributed by atoms with van der Waals surface area (Å²) in [6, 6.07) is 3.91. The molecule has 0 aliphatic heterocycles. The van der Waals surface area contributed by atoms with Gasteiger partial charge in [-0.3, -0.25) is 14.4 Å². The van der Waals surface area contributed by atoms with E-state index in [1.54, 1.807) is 17.4 Å². The standard InChI is InChI=1S/C31H43NO8S/c1-5-13-38-29(36)16-22(34)15-21(33)9-10-24-20(4)27(35)17-25-26(32-39-18-23-8-7-14-41-23)11-12-28(30(24)25)40-31(37)19(3)6-2/h5,7-8,14,17,19-22,24,28,30,33-34H,1,6,9-13,15-16,18H2,2-4H3. The Morgan fingerprint density at radius 2 is 2.07 bits per heavy atom. The number of hydrogen-bond acceptors (Lipinski definition) is 10. The Balaban J connectivity index is 1.75. The minimum atomic E-state index is -1.05. The Labute approximate surface area is 246 Å². The topological polar surface area (TPSA) is 132 Å². The number of aliphatic hydroxyl groups is 2. The molecular weight excluding hydrogens is 546 g/mol. The Morgan fingerprint density at radius 3 is 2.76 bits per heavy atom. The van der Waals surface area contributed by atoms with Gasteiger partial charge in [-0.05, 0) is 67.5 Å². The molecule has 0 aromatic carbocycles. The van der Waals surface area contributed by atoms with Gasteiger partial charge in [-0.25, -0.2) is 0 Å². The first-order chi connectivity index (χ1) is 19.6. The van der Waals surface area contributed by atoms with Gasteiger partial charge in [-0.2, -0.15) is 0 Å². The van der Waals surface area contributed by atoms with Gasteiger partial charge in [0.15, 0.2) is 12.4 Å². The number of nitrogens with zero attached hydrogens (tertiary/aromatic N) is 1.